The zero-order valence-corrected chi connectivity index (χ0v) is 20.0. The van der Waals surface area contributed by atoms with E-state index in [4.69, 9.17) is 15.2 Å². The summed E-state index contributed by atoms with van der Waals surface area (Å²) < 4.78 is 13.7. The molecular formula is C27H27N5O3. The van der Waals surface area contributed by atoms with Crippen molar-refractivity contribution in [3.05, 3.63) is 71.9 Å². The number of benzene rings is 2. The Kier molecular flexibility index (Phi) is 5.96. The van der Waals surface area contributed by atoms with Crippen molar-refractivity contribution < 1.29 is 14.3 Å². The number of nitrogen functional groups attached to an aromatic ring is 1. The maximum Gasteiger partial charge on any atom is 0.231 e. The summed E-state index contributed by atoms with van der Waals surface area (Å²) in [4.78, 5) is 23.4. The van der Waals surface area contributed by atoms with E-state index in [0.717, 1.165) is 52.9 Å². The topological polar surface area (TPSA) is 95.5 Å². The summed E-state index contributed by atoms with van der Waals surface area (Å²) in [6.45, 7) is 1.86. The quantitative estimate of drug-likeness (QED) is 0.404. The molecule has 4 aromatic rings. The fourth-order valence-corrected chi connectivity index (χ4v) is 4.28. The molecular weight excluding hydrogens is 442 g/mol. The molecule has 0 fully saturated rings. The number of rotatable bonds is 7. The van der Waals surface area contributed by atoms with Crippen molar-refractivity contribution in [2.24, 2.45) is 0 Å². The summed E-state index contributed by atoms with van der Waals surface area (Å²) in [5.74, 6) is 1.64. The normalized spacial score (nSPS) is 14.1. The van der Waals surface area contributed by atoms with Crippen LogP contribution in [0.15, 0.2) is 60.7 Å². The van der Waals surface area contributed by atoms with E-state index in [0.29, 0.717) is 17.1 Å². The van der Waals surface area contributed by atoms with Crippen molar-refractivity contribution in [2.45, 2.75) is 13.0 Å². The number of aryl methyl sites for hydroxylation is 1. The van der Waals surface area contributed by atoms with Crippen molar-refractivity contribution in [3.8, 4) is 22.6 Å². The Hall–Kier alpha value is -4.17. The van der Waals surface area contributed by atoms with Crippen LogP contribution >= 0.6 is 0 Å². The number of Topliss-reactive ketones (excluding diaryl/α,β-unsaturated/α-hetero) is 1. The van der Waals surface area contributed by atoms with Crippen LogP contribution in [0.5, 0.6) is 11.5 Å². The van der Waals surface area contributed by atoms with E-state index >= 15 is 0 Å². The molecule has 0 atom stereocenters. The number of ketones is 1. The molecule has 0 aliphatic carbocycles. The molecule has 2 aromatic heterocycles. The molecule has 0 saturated carbocycles. The molecule has 35 heavy (non-hydrogen) atoms. The zero-order valence-electron chi connectivity index (χ0n) is 20.0. The van der Waals surface area contributed by atoms with Gasteiger partial charge in [0.15, 0.2) is 5.76 Å². The van der Waals surface area contributed by atoms with Crippen LogP contribution < -0.4 is 15.2 Å². The molecule has 8 nitrogen and oxygen atoms in total. The first-order valence-corrected chi connectivity index (χ1v) is 11.4. The maximum atomic E-state index is 13.1. The van der Waals surface area contributed by atoms with E-state index in [-0.39, 0.29) is 11.7 Å². The van der Waals surface area contributed by atoms with E-state index in [2.05, 4.69) is 45.8 Å². The monoisotopic (exact) mass is 469 g/mol. The van der Waals surface area contributed by atoms with Crippen LogP contribution in [0.4, 0.5) is 5.95 Å². The van der Waals surface area contributed by atoms with Crippen molar-refractivity contribution >= 4 is 28.7 Å². The summed E-state index contributed by atoms with van der Waals surface area (Å²) in [6, 6.07) is 11.5. The fraction of sp³-hybridized carbons (Fsp3) is 0.222. The van der Waals surface area contributed by atoms with E-state index in [1.807, 2.05) is 30.3 Å². The lowest BCUT2D eigenvalue weighted by atomic mass is 10.0. The third kappa shape index (κ3) is 4.48. The molecule has 0 unspecified atom stereocenters. The highest BCUT2D eigenvalue weighted by Gasteiger charge is 2.28. The molecule has 8 heteroatoms. The fourth-order valence-electron chi connectivity index (χ4n) is 4.28. The Morgan fingerprint density at radius 1 is 1.11 bits per heavy atom. The summed E-state index contributed by atoms with van der Waals surface area (Å²) in [5, 5.41) is 1.01. The Balaban J connectivity index is 1.49. The van der Waals surface area contributed by atoms with Crippen LogP contribution in [-0.2, 0) is 6.54 Å². The molecule has 0 amide bonds. The number of allylic oxidation sites excluding steroid dienone is 1. The molecule has 5 rings (SSSR count). The maximum absolute atomic E-state index is 13.1. The summed E-state index contributed by atoms with van der Waals surface area (Å²) >= 11 is 0. The standard InChI is InChI=1S/C27H27N5O3/c1-31(2)9-4-10-32-16-18(22-13-20(34-3)6-8-23(22)32)12-25-26(33)21-7-5-17(11-24(21)35-25)19-14-29-27(28)30-15-19/h5-8,11-16H,4,9-10H2,1-3H3,(H2,28,29,30). The number of nitrogens with zero attached hydrogens (tertiary/aromatic N) is 4. The van der Waals surface area contributed by atoms with Crippen LogP contribution in [0.3, 0.4) is 0 Å². The molecule has 0 spiro atoms. The van der Waals surface area contributed by atoms with Gasteiger partial charge in [0, 0.05) is 47.2 Å². The SMILES string of the molecule is COc1ccc2c(c1)c(C=C1Oc3cc(-c4cnc(N)nc4)ccc3C1=O)cn2CCCN(C)C. The second-order valence-electron chi connectivity index (χ2n) is 8.80. The highest BCUT2D eigenvalue weighted by molar-refractivity contribution is 6.15. The molecule has 0 bridgehead atoms. The third-order valence-electron chi connectivity index (χ3n) is 6.09. The predicted molar refractivity (Wildman–Crippen MR) is 136 cm³/mol. The summed E-state index contributed by atoms with van der Waals surface area (Å²) in [6.07, 6.45) is 8.20. The summed E-state index contributed by atoms with van der Waals surface area (Å²) in [7, 11) is 5.79. The van der Waals surface area contributed by atoms with Crippen molar-refractivity contribution in [3.63, 3.8) is 0 Å². The van der Waals surface area contributed by atoms with Gasteiger partial charge in [-0.1, -0.05) is 6.07 Å². The number of carbonyl (C=O) groups is 1. The van der Waals surface area contributed by atoms with Crippen molar-refractivity contribution in [1.29, 1.82) is 0 Å². The Morgan fingerprint density at radius 2 is 1.91 bits per heavy atom. The molecule has 1 aliphatic heterocycles. The second kappa shape index (κ2) is 9.23. The molecule has 0 saturated heterocycles. The lowest BCUT2D eigenvalue weighted by molar-refractivity contribution is 0.101. The van der Waals surface area contributed by atoms with Gasteiger partial charge in [0.25, 0.3) is 0 Å². The van der Waals surface area contributed by atoms with E-state index < -0.39 is 0 Å². The number of hydrogen-bond acceptors (Lipinski definition) is 7. The van der Waals surface area contributed by atoms with Crippen LogP contribution in [0, 0.1) is 0 Å². The minimum Gasteiger partial charge on any atom is -0.497 e. The Bertz CT molecular complexity index is 1440. The number of hydrogen-bond donors (Lipinski definition) is 1. The number of methoxy groups -OCH3 is 1. The van der Waals surface area contributed by atoms with Crippen LogP contribution in [0.25, 0.3) is 28.1 Å². The smallest absolute Gasteiger partial charge is 0.231 e. The van der Waals surface area contributed by atoms with E-state index in [9.17, 15) is 4.79 Å². The number of aromatic nitrogens is 3. The summed E-state index contributed by atoms with van der Waals surface area (Å²) in [5.41, 5.74) is 9.76. The number of anilines is 1. The highest BCUT2D eigenvalue weighted by atomic mass is 16.5. The lowest BCUT2D eigenvalue weighted by Gasteiger charge is -2.10. The first-order valence-electron chi connectivity index (χ1n) is 11.4. The molecule has 3 heterocycles. The second-order valence-corrected chi connectivity index (χ2v) is 8.80. The van der Waals surface area contributed by atoms with Crippen molar-refractivity contribution in [2.75, 3.05) is 33.5 Å². The van der Waals surface area contributed by atoms with Crippen LogP contribution in [0.1, 0.15) is 22.3 Å². The average molecular weight is 470 g/mol. The largest absolute Gasteiger partial charge is 0.497 e. The lowest BCUT2D eigenvalue weighted by Crippen LogP contribution is -2.14. The zero-order chi connectivity index (χ0) is 24.5. The molecule has 2 aromatic carbocycles. The van der Waals surface area contributed by atoms with E-state index in [1.165, 1.54) is 0 Å². The number of ether oxygens (including phenoxy) is 2. The van der Waals surface area contributed by atoms with Gasteiger partial charge in [-0.3, -0.25) is 4.79 Å². The number of nitrogens with two attached hydrogens (primary N) is 1. The average Bonchev–Trinajstić information content (AvgIpc) is 3.35. The van der Waals surface area contributed by atoms with Crippen LogP contribution in [-0.4, -0.2) is 53.0 Å². The molecule has 1 aliphatic rings. The van der Waals surface area contributed by atoms with Gasteiger partial charge in [-0.2, -0.15) is 0 Å². The van der Waals surface area contributed by atoms with Gasteiger partial charge in [0.2, 0.25) is 11.7 Å². The van der Waals surface area contributed by atoms with Gasteiger partial charge in [-0.25, -0.2) is 9.97 Å². The molecule has 178 valence electrons. The Labute approximate surface area is 203 Å². The van der Waals surface area contributed by atoms with Gasteiger partial charge < -0.3 is 24.7 Å². The minimum absolute atomic E-state index is 0.142. The van der Waals surface area contributed by atoms with E-state index in [1.54, 1.807) is 25.6 Å². The van der Waals surface area contributed by atoms with Gasteiger partial charge in [0.1, 0.15) is 11.5 Å². The first-order chi connectivity index (χ1) is 16.9. The predicted octanol–water partition coefficient (Wildman–Crippen LogP) is 4.26. The first kappa shape index (κ1) is 22.6. The van der Waals surface area contributed by atoms with Gasteiger partial charge in [-0.15, -0.1) is 0 Å². The van der Waals surface area contributed by atoms with Gasteiger partial charge in [0.05, 0.1) is 12.7 Å². The Morgan fingerprint density at radius 3 is 2.66 bits per heavy atom. The van der Waals surface area contributed by atoms with Gasteiger partial charge in [-0.05, 0) is 69.0 Å². The number of fused-ring (bicyclic) bond motifs is 2. The highest BCUT2D eigenvalue weighted by Crippen LogP contribution is 2.36. The molecule has 0 radical (unpaired) electrons. The number of carbonyl (C=O) groups excluding carboxylic acids is 1. The third-order valence-corrected chi connectivity index (χ3v) is 6.09. The van der Waals surface area contributed by atoms with Crippen molar-refractivity contribution in [1.82, 2.24) is 19.4 Å². The molecule has 2 N–H and O–H groups in total. The van der Waals surface area contributed by atoms with Crippen LogP contribution in [0.2, 0.25) is 0 Å². The minimum atomic E-state index is -0.142. The van der Waals surface area contributed by atoms with Gasteiger partial charge >= 0.3 is 0 Å².